The molecule has 0 aromatic carbocycles. The molecule has 8 heteroatoms. The third-order valence-corrected chi connectivity index (χ3v) is 3.45. The van der Waals surface area contributed by atoms with E-state index in [0.29, 0.717) is 18.2 Å². The van der Waals surface area contributed by atoms with E-state index in [2.05, 4.69) is 15.7 Å². The lowest BCUT2D eigenvalue weighted by molar-refractivity contribution is 0.0269. The van der Waals surface area contributed by atoms with Crippen LogP contribution in [-0.4, -0.2) is 27.3 Å². The van der Waals surface area contributed by atoms with Crippen molar-refractivity contribution in [2.45, 2.75) is 19.4 Å². The number of hydrogen-bond acceptors (Lipinski definition) is 5. The van der Waals surface area contributed by atoms with E-state index in [1.807, 2.05) is 0 Å². The molecule has 0 atom stereocenters. The molecule has 3 rings (SSSR count). The van der Waals surface area contributed by atoms with Gasteiger partial charge in [0.05, 0.1) is 24.4 Å². The molecule has 0 radical (unpaired) electrons. The van der Waals surface area contributed by atoms with Gasteiger partial charge in [-0.1, -0.05) is 0 Å². The number of amides is 1. The van der Waals surface area contributed by atoms with Gasteiger partial charge in [-0.2, -0.15) is 10.2 Å². The van der Waals surface area contributed by atoms with Crippen LogP contribution in [0.15, 0.2) is 35.4 Å². The molecule has 1 N–H and O–H groups in total. The first-order chi connectivity index (χ1) is 11.1. The molecule has 0 bridgehead atoms. The number of nitrogens with one attached hydrogen (secondary N) is 1. The molecule has 1 saturated carbocycles. The van der Waals surface area contributed by atoms with Crippen molar-refractivity contribution in [1.29, 1.82) is 0 Å². The van der Waals surface area contributed by atoms with Crippen LogP contribution < -0.4 is 11.0 Å². The van der Waals surface area contributed by atoms with E-state index in [0.717, 1.165) is 23.5 Å². The molecule has 1 fully saturated rings. The van der Waals surface area contributed by atoms with Crippen LogP contribution >= 0.6 is 0 Å². The van der Waals surface area contributed by atoms with E-state index in [9.17, 15) is 14.0 Å². The summed E-state index contributed by atoms with van der Waals surface area (Å²) < 4.78 is 14.9. The summed E-state index contributed by atoms with van der Waals surface area (Å²) in [6.07, 6.45) is 4.95. The summed E-state index contributed by atoms with van der Waals surface area (Å²) in [5.74, 6) is -1.13. The number of halogens is 1. The van der Waals surface area contributed by atoms with Gasteiger partial charge in [-0.25, -0.2) is 9.87 Å². The number of pyridine rings is 1. The van der Waals surface area contributed by atoms with Gasteiger partial charge in [0.25, 0.3) is 11.5 Å². The van der Waals surface area contributed by atoms with E-state index in [1.54, 1.807) is 12.1 Å². The second kappa shape index (κ2) is 6.66. The third-order valence-electron chi connectivity index (χ3n) is 3.45. The molecular weight excluding hydrogens is 303 g/mol. The SMILES string of the molecule is O=C(NOCC1CC1)c1cc(F)c(=O)n(Cc2cccnn2)c1. The summed E-state index contributed by atoms with van der Waals surface area (Å²) in [7, 11) is 0. The first-order valence-electron chi connectivity index (χ1n) is 7.22. The van der Waals surface area contributed by atoms with Gasteiger partial charge in [0.2, 0.25) is 0 Å². The van der Waals surface area contributed by atoms with Crippen molar-refractivity contribution >= 4 is 5.91 Å². The fourth-order valence-electron chi connectivity index (χ4n) is 2.00. The van der Waals surface area contributed by atoms with Gasteiger partial charge in [-0.3, -0.25) is 14.4 Å². The maximum Gasteiger partial charge on any atom is 0.286 e. The zero-order valence-corrected chi connectivity index (χ0v) is 12.2. The first-order valence-corrected chi connectivity index (χ1v) is 7.22. The Morgan fingerprint density at radius 1 is 1.48 bits per heavy atom. The van der Waals surface area contributed by atoms with Gasteiger partial charge < -0.3 is 4.57 Å². The summed E-state index contributed by atoms with van der Waals surface area (Å²) in [5, 5.41) is 7.53. The molecule has 23 heavy (non-hydrogen) atoms. The summed E-state index contributed by atoms with van der Waals surface area (Å²) in [6.45, 7) is 0.459. The molecule has 1 amide bonds. The van der Waals surface area contributed by atoms with Gasteiger partial charge in [-0.15, -0.1) is 0 Å². The number of carbonyl (C=O) groups is 1. The highest BCUT2D eigenvalue weighted by Gasteiger charge is 2.22. The average molecular weight is 318 g/mol. The Labute approximate surface area is 131 Å². The quantitative estimate of drug-likeness (QED) is 0.800. The molecule has 1 aliphatic rings. The molecule has 0 aliphatic heterocycles. The summed E-state index contributed by atoms with van der Waals surface area (Å²) in [5.41, 5.74) is 1.92. The summed E-state index contributed by atoms with van der Waals surface area (Å²) in [4.78, 5) is 28.9. The molecular formula is C15H15FN4O3. The second-order valence-corrected chi connectivity index (χ2v) is 5.41. The zero-order chi connectivity index (χ0) is 16.2. The maximum absolute atomic E-state index is 13.8. The van der Waals surface area contributed by atoms with Crippen LogP contribution in [0, 0.1) is 11.7 Å². The molecule has 1 aliphatic carbocycles. The Kier molecular flexibility index (Phi) is 4.42. The summed E-state index contributed by atoms with van der Waals surface area (Å²) in [6, 6.07) is 4.21. The fraction of sp³-hybridized carbons (Fsp3) is 0.333. The van der Waals surface area contributed by atoms with E-state index >= 15 is 0 Å². The minimum atomic E-state index is -1.01. The van der Waals surface area contributed by atoms with Crippen molar-refractivity contribution in [1.82, 2.24) is 20.2 Å². The standard InChI is InChI=1S/C15H15FN4O3/c16-13-6-11(14(21)19-23-9-10-3-4-10)7-20(15(13)22)8-12-2-1-5-17-18-12/h1-2,5-7,10H,3-4,8-9H2,(H,19,21). The fourth-order valence-corrected chi connectivity index (χ4v) is 2.00. The van der Waals surface area contributed by atoms with Crippen LogP contribution in [0.5, 0.6) is 0 Å². The smallest absolute Gasteiger partial charge is 0.286 e. The van der Waals surface area contributed by atoms with Crippen molar-refractivity contribution in [2.24, 2.45) is 5.92 Å². The highest BCUT2D eigenvalue weighted by molar-refractivity contribution is 5.93. The van der Waals surface area contributed by atoms with Gasteiger partial charge in [0.15, 0.2) is 5.82 Å². The monoisotopic (exact) mass is 318 g/mol. The van der Waals surface area contributed by atoms with Crippen LogP contribution in [0.3, 0.4) is 0 Å². The van der Waals surface area contributed by atoms with Crippen LogP contribution in [0.4, 0.5) is 4.39 Å². The highest BCUT2D eigenvalue weighted by atomic mass is 19.1. The van der Waals surface area contributed by atoms with Crippen LogP contribution in [0.2, 0.25) is 0 Å². The lowest BCUT2D eigenvalue weighted by atomic mass is 10.2. The van der Waals surface area contributed by atoms with E-state index < -0.39 is 17.3 Å². The molecule has 2 aromatic heterocycles. The van der Waals surface area contributed by atoms with E-state index in [-0.39, 0.29) is 12.1 Å². The van der Waals surface area contributed by atoms with Crippen molar-refractivity contribution in [3.63, 3.8) is 0 Å². The maximum atomic E-state index is 13.8. The van der Waals surface area contributed by atoms with Crippen molar-refractivity contribution < 1.29 is 14.0 Å². The highest BCUT2D eigenvalue weighted by Crippen LogP contribution is 2.28. The third kappa shape index (κ3) is 3.98. The Morgan fingerprint density at radius 2 is 2.30 bits per heavy atom. The van der Waals surface area contributed by atoms with Crippen LogP contribution in [-0.2, 0) is 11.4 Å². The number of aromatic nitrogens is 3. The first kappa shape index (κ1) is 15.3. The molecule has 7 nitrogen and oxygen atoms in total. The van der Waals surface area contributed by atoms with Crippen LogP contribution in [0.25, 0.3) is 0 Å². The lowest BCUT2D eigenvalue weighted by Gasteiger charge is -2.09. The Balaban J connectivity index is 1.75. The number of carbonyl (C=O) groups excluding carboxylic acids is 1. The lowest BCUT2D eigenvalue weighted by Crippen LogP contribution is -2.29. The predicted octanol–water partition coefficient (Wildman–Crippen LogP) is 0.897. The summed E-state index contributed by atoms with van der Waals surface area (Å²) >= 11 is 0. The normalized spacial score (nSPS) is 13.8. The largest absolute Gasteiger partial charge is 0.306 e. The molecule has 2 heterocycles. The van der Waals surface area contributed by atoms with Gasteiger partial charge in [0.1, 0.15) is 0 Å². The number of hydrogen-bond donors (Lipinski definition) is 1. The molecule has 120 valence electrons. The van der Waals surface area contributed by atoms with Crippen LogP contribution in [0.1, 0.15) is 28.9 Å². The topological polar surface area (TPSA) is 86.1 Å². The van der Waals surface area contributed by atoms with Gasteiger partial charge >= 0.3 is 0 Å². The number of nitrogens with zero attached hydrogens (tertiary/aromatic N) is 3. The van der Waals surface area contributed by atoms with Crippen molar-refractivity contribution in [3.8, 4) is 0 Å². The van der Waals surface area contributed by atoms with Gasteiger partial charge in [0, 0.05) is 12.4 Å². The molecule has 0 unspecified atom stereocenters. The molecule has 0 spiro atoms. The number of rotatable bonds is 6. The second-order valence-electron chi connectivity index (χ2n) is 5.41. The number of hydroxylamine groups is 1. The van der Waals surface area contributed by atoms with E-state index in [4.69, 9.17) is 4.84 Å². The van der Waals surface area contributed by atoms with Crippen molar-refractivity contribution in [2.75, 3.05) is 6.61 Å². The average Bonchev–Trinajstić information content (AvgIpc) is 3.36. The Bertz CT molecular complexity index is 759. The van der Waals surface area contributed by atoms with Crippen molar-refractivity contribution in [3.05, 3.63) is 58.0 Å². The zero-order valence-electron chi connectivity index (χ0n) is 12.2. The molecule has 2 aromatic rings. The minimum Gasteiger partial charge on any atom is -0.306 e. The Morgan fingerprint density at radius 3 is 3.00 bits per heavy atom. The predicted molar refractivity (Wildman–Crippen MR) is 77.9 cm³/mol. The minimum absolute atomic E-state index is 0.00165. The Hall–Kier alpha value is -2.61. The van der Waals surface area contributed by atoms with E-state index in [1.165, 1.54) is 12.4 Å². The molecule has 0 saturated heterocycles. The van der Waals surface area contributed by atoms with Gasteiger partial charge in [-0.05, 0) is 37.0 Å².